The van der Waals surface area contributed by atoms with Crippen LogP contribution in [0.4, 0.5) is 0 Å². The molecule has 0 aliphatic carbocycles. The van der Waals surface area contributed by atoms with Gasteiger partial charge in [-0.2, -0.15) is 0 Å². The van der Waals surface area contributed by atoms with Gasteiger partial charge in [0, 0.05) is 0 Å². The number of hydrogen-bond donors (Lipinski definition) is 1. The first-order chi connectivity index (χ1) is 5.00. The first kappa shape index (κ1) is 10.7. The average Bonchev–Trinajstić information content (AvgIpc) is 1.85. The molecule has 3 unspecified atom stereocenters. The molecule has 0 fully saturated rings. The van der Waals surface area contributed by atoms with Gasteiger partial charge in [0.05, 0.1) is 6.10 Å². The Balaban J connectivity index is 4.20. The molecule has 0 heterocycles. The SMILES string of the molecule is C=CC(C)C(C(C)C)C(C)O. The fourth-order valence-corrected chi connectivity index (χ4v) is 1.76. The number of aliphatic hydroxyl groups excluding tert-OH is 1. The summed E-state index contributed by atoms with van der Waals surface area (Å²) in [5.41, 5.74) is 0. The maximum Gasteiger partial charge on any atom is 0.0548 e. The molecule has 66 valence electrons. The van der Waals surface area contributed by atoms with Crippen LogP contribution in [0, 0.1) is 17.8 Å². The monoisotopic (exact) mass is 156 g/mol. The van der Waals surface area contributed by atoms with Gasteiger partial charge in [0.1, 0.15) is 0 Å². The third-order valence-electron chi connectivity index (χ3n) is 2.31. The number of hydrogen-bond acceptors (Lipinski definition) is 1. The zero-order valence-electron chi connectivity index (χ0n) is 8.04. The molecule has 0 rings (SSSR count). The Morgan fingerprint density at radius 2 is 1.64 bits per heavy atom. The van der Waals surface area contributed by atoms with Crippen molar-refractivity contribution in [2.24, 2.45) is 17.8 Å². The number of rotatable bonds is 4. The summed E-state index contributed by atoms with van der Waals surface area (Å²) >= 11 is 0. The van der Waals surface area contributed by atoms with Crippen LogP contribution >= 0.6 is 0 Å². The minimum Gasteiger partial charge on any atom is -0.393 e. The first-order valence-electron chi connectivity index (χ1n) is 4.31. The van der Waals surface area contributed by atoms with Crippen LogP contribution in [0.25, 0.3) is 0 Å². The lowest BCUT2D eigenvalue weighted by molar-refractivity contribution is 0.0757. The van der Waals surface area contributed by atoms with Crippen LogP contribution in [-0.2, 0) is 0 Å². The summed E-state index contributed by atoms with van der Waals surface area (Å²) < 4.78 is 0. The molecule has 0 radical (unpaired) electrons. The Kier molecular flexibility index (Phi) is 4.43. The van der Waals surface area contributed by atoms with Gasteiger partial charge in [0.25, 0.3) is 0 Å². The Morgan fingerprint density at radius 1 is 1.18 bits per heavy atom. The van der Waals surface area contributed by atoms with Crippen LogP contribution in [0.3, 0.4) is 0 Å². The molecule has 0 saturated heterocycles. The molecule has 1 nitrogen and oxygen atoms in total. The molecule has 11 heavy (non-hydrogen) atoms. The summed E-state index contributed by atoms with van der Waals surface area (Å²) in [6, 6.07) is 0. The second kappa shape index (κ2) is 4.55. The number of aliphatic hydroxyl groups is 1. The van der Waals surface area contributed by atoms with Crippen molar-refractivity contribution in [3.05, 3.63) is 12.7 Å². The smallest absolute Gasteiger partial charge is 0.0548 e. The molecular weight excluding hydrogens is 136 g/mol. The normalized spacial score (nSPS) is 19.5. The maximum atomic E-state index is 9.44. The Hall–Kier alpha value is -0.300. The Labute approximate surface area is 70.1 Å². The van der Waals surface area contributed by atoms with Crippen LogP contribution in [0.1, 0.15) is 27.7 Å². The molecule has 0 aromatic rings. The first-order valence-corrected chi connectivity index (χ1v) is 4.31. The van der Waals surface area contributed by atoms with Crippen molar-refractivity contribution in [1.82, 2.24) is 0 Å². The quantitative estimate of drug-likeness (QED) is 0.620. The summed E-state index contributed by atoms with van der Waals surface area (Å²) in [4.78, 5) is 0. The Bertz CT molecular complexity index is 108. The standard InChI is InChI=1S/C10H20O/c1-6-8(4)10(7(2)3)9(5)11/h6-11H,1H2,2-5H3. The molecule has 0 amide bonds. The van der Waals surface area contributed by atoms with E-state index in [2.05, 4.69) is 27.4 Å². The zero-order chi connectivity index (χ0) is 9.02. The molecule has 1 N–H and O–H groups in total. The van der Waals surface area contributed by atoms with Gasteiger partial charge in [-0.1, -0.05) is 26.8 Å². The minimum atomic E-state index is -0.233. The van der Waals surface area contributed by atoms with E-state index in [1.54, 1.807) is 0 Å². The molecule has 0 bridgehead atoms. The van der Waals surface area contributed by atoms with Gasteiger partial charge in [0.15, 0.2) is 0 Å². The van der Waals surface area contributed by atoms with E-state index in [0.717, 1.165) is 0 Å². The Morgan fingerprint density at radius 3 is 1.73 bits per heavy atom. The van der Waals surface area contributed by atoms with E-state index in [0.29, 0.717) is 17.8 Å². The van der Waals surface area contributed by atoms with Crippen LogP contribution in [0.5, 0.6) is 0 Å². The highest BCUT2D eigenvalue weighted by Crippen LogP contribution is 2.24. The lowest BCUT2D eigenvalue weighted by Crippen LogP contribution is -2.27. The van der Waals surface area contributed by atoms with Crippen LogP contribution < -0.4 is 0 Å². The van der Waals surface area contributed by atoms with Crippen molar-refractivity contribution in [3.8, 4) is 0 Å². The third-order valence-corrected chi connectivity index (χ3v) is 2.31. The van der Waals surface area contributed by atoms with Crippen molar-refractivity contribution in [2.75, 3.05) is 0 Å². The molecule has 1 heteroatoms. The van der Waals surface area contributed by atoms with E-state index in [4.69, 9.17) is 0 Å². The fourth-order valence-electron chi connectivity index (χ4n) is 1.76. The fraction of sp³-hybridized carbons (Fsp3) is 0.800. The molecule has 0 aromatic carbocycles. The van der Waals surface area contributed by atoms with Gasteiger partial charge in [-0.25, -0.2) is 0 Å². The van der Waals surface area contributed by atoms with Gasteiger partial charge in [-0.05, 0) is 24.7 Å². The molecule has 3 atom stereocenters. The summed E-state index contributed by atoms with van der Waals surface area (Å²) in [7, 11) is 0. The van der Waals surface area contributed by atoms with Crippen molar-refractivity contribution < 1.29 is 5.11 Å². The summed E-state index contributed by atoms with van der Waals surface area (Å²) in [6.07, 6.45) is 1.68. The topological polar surface area (TPSA) is 20.2 Å². The highest BCUT2D eigenvalue weighted by atomic mass is 16.3. The molecule has 0 aliphatic rings. The van der Waals surface area contributed by atoms with Crippen molar-refractivity contribution in [3.63, 3.8) is 0 Å². The van der Waals surface area contributed by atoms with Gasteiger partial charge >= 0.3 is 0 Å². The molecule has 0 aromatic heterocycles. The van der Waals surface area contributed by atoms with Crippen LogP contribution in [0.2, 0.25) is 0 Å². The van der Waals surface area contributed by atoms with Gasteiger partial charge in [-0.15, -0.1) is 6.58 Å². The lowest BCUT2D eigenvalue weighted by Gasteiger charge is -2.27. The molecule has 0 saturated carbocycles. The average molecular weight is 156 g/mol. The molecular formula is C10H20O. The maximum absolute atomic E-state index is 9.44. The summed E-state index contributed by atoms with van der Waals surface area (Å²) in [5, 5.41) is 9.44. The van der Waals surface area contributed by atoms with Crippen molar-refractivity contribution >= 4 is 0 Å². The second-order valence-corrected chi connectivity index (χ2v) is 3.66. The van der Waals surface area contributed by atoms with Crippen LogP contribution in [-0.4, -0.2) is 11.2 Å². The lowest BCUT2D eigenvalue weighted by atomic mass is 9.81. The van der Waals surface area contributed by atoms with Crippen molar-refractivity contribution in [2.45, 2.75) is 33.8 Å². The second-order valence-electron chi connectivity index (χ2n) is 3.66. The summed E-state index contributed by atoms with van der Waals surface area (Å²) in [6.45, 7) is 12.0. The largest absolute Gasteiger partial charge is 0.393 e. The van der Waals surface area contributed by atoms with Crippen molar-refractivity contribution in [1.29, 1.82) is 0 Å². The summed E-state index contributed by atoms with van der Waals surface area (Å²) in [5.74, 6) is 1.26. The van der Waals surface area contributed by atoms with Gasteiger partial charge < -0.3 is 5.11 Å². The zero-order valence-corrected chi connectivity index (χ0v) is 8.04. The van der Waals surface area contributed by atoms with Crippen LogP contribution in [0.15, 0.2) is 12.7 Å². The van der Waals surface area contributed by atoms with E-state index in [1.165, 1.54) is 0 Å². The van der Waals surface area contributed by atoms with Gasteiger partial charge in [-0.3, -0.25) is 0 Å². The third kappa shape index (κ3) is 3.06. The highest BCUT2D eigenvalue weighted by molar-refractivity contribution is 4.85. The minimum absolute atomic E-state index is 0.233. The highest BCUT2D eigenvalue weighted by Gasteiger charge is 2.22. The van der Waals surface area contributed by atoms with E-state index in [9.17, 15) is 5.11 Å². The molecule has 0 spiro atoms. The number of allylic oxidation sites excluding steroid dienone is 1. The van der Waals surface area contributed by atoms with E-state index >= 15 is 0 Å². The predicted molar refractivity (Wildman–Crippen MR) is 49.4 cm³/mol. The van der Waals surface area contributed by atoms with Gasteiger partial charge in [0.2, 0.25) is 0 Å². The predicted octanol–water partition coefficient (Wildman–Crippen LogP) is 2.46. The van der Waals surface area contributed by atoms with E-state index in [1.807, 2.05) is 13.0 Å². The van der Waals surface area contributed by atoms with E-state index in [-0.39, 0.29) is 6.10 Å². The van der Waals surface area contributed by atoms with E-state index < -0.39 is 0 Å². The molecule has 0 aliphatic heterocycles.